The molecule has 1 aliphatic heterocycles. The highest BCUT2D eigenvalue weighted by molar-refractivity contribution is 5.84. The van der Waals surface area contributed by atoms with Gasteiger partial charge in [0.1, 0.15) is 0 Å². The predicted molar refractivity (Wildman–Crippen MR) is 70.1 cm³/mol. The molecule has 8 nitrogen and oxygen atoms in total. The maximum absolute atomic E-state index is 11.9. The van der Waals surface area contributed by atoms with Crippen LogP contribution in [0.5, 0.6) is 0 Å². The molecule has 1 aliphatic rings. The quantitative estimate of drug-likeness (QED) is 0.751. The lowest BCUT2D eigenvalue weighted by Crippen LogP contribution is -2.52. The van der Waals surface area contributed by atoms with E-state index in [0.29, 0.717) is 19.5 Å². The van der Waals surface area contributed by atoms with Gasteiger partial charge in [0, 0.05) is 25.6 Å². The van der Waals surface area contributed by atoms with Gasteiger partial charge in [-0.1, -0.05) is 18.6 Å². The third-order valence-corrected chi connectivity index (χ3v) is 3.41. The Hall–Kier alpha value is -1.96. The molecule has 0 bridgehead atoms. The van der Waals surface area contributed by atoms with Crippen LogP contribution in [-0.4, -0.2) is 56.0 Å². The molecule has 0 aliphatic carbocycles. The van der Waals surface area contributed by atoms with Gasteiger partial charge in [-0.3, -0.25) is 4.79 Å². The van der Waals surface area contributed by atoms with Gasteiger partial charge in [-0.15, -0.1) is 5.10 Å². The minimum atomic E-state index is -1.10. The van der Waals surface area contributed by atoms with Gasteiger partial charge in [0.15, 0.2) is 5.69 Å². The number of carboxylic acid groups (broad SMARTS) is 1. The molecule has 1 atom stereocenters. The van der Waals surface area contributed by atoms with E-state index in [1.54, 1.807) is 4.90 Å². The first-order valence-corrected chi connectivity index (χ1v) is 6.69. The molecule has 1 fully saturated rings. The second-order valence-corrected chi connectivity index (χ2v) is 5.09. The minimum absolute atomic E-state index is 0.00181. The van der Waals surface area contributed by atoms with Crippen molar-refractivity contribution in [2.24, 2.45) is 5.73 Å². The number of hydrogen-bond donors (Lipinski definition) is 2. The average Bonchev–Trinajstić information content (AvgIpc) is 2.76. The molecule has 8 heteroatoms. The van der Waals surface area contributed by atoms with Gasteiger partial charge >= 0.3 is 5.97 Å². The monoisotopic (exact) mass is 281 g/mol. The van der Waals surface area contributed by atoms with E-state index in [4.69, 9.17) is 10.8 Å². The molecule has 0 aromatic carbocycles. The topological polar surface area (TPSA) is 114 Å². The summed E-state index contributed by atoms with van der Waals surface area (Å²) in [6.07, 6.45) is 3.55. The van der Waals surface area contributed by atoms with Crippen molar-refractivity contribution in [3.63, 3.8) is 0 Å². The summed E-state index contributed by atoms with van der Waals surface area (Å²) in [6, 6.07) is -0.0847. The van der Waals surface area contributed by atoms with Crippen LogP contribution in [0.15, 0.2) is 6.20 Å². The Bertz CT molecular complexity index is 495. The molecule has 0 radical (unpaired) electrons. The number of aromatic nitrogens is 3. The Morgan fingerprint density at radius 3 is 2.80 bits per heavy atom. The van der Waals surface area contributed by atoms with Gasteiger partial charge in [0.2, 0.25) is 5.91 Å². The van der Waals surface area contributed by atoms with Crippen LogP contribution in [0, 0.1) is 0 Å². The Morgan fingerprint density at radius 2 is 2.25 bits per heavy atom. The van der Waals surface area contributed by atoms with E-state index in [0.717, 1.165) is 12.8 Å². The number of amides is 1. The molecule has 1 aromatic rings. The van der Waals surface area contributed by atoms with Crippen molar-refractivity contribution in [3.05, 3.63) is 11.9 Å². The SMILES string of the molecule is CCCC(N)CC(=O)N1CC(n2cc(C(=O)O)nn2)C1. The van der Waals surface area contributed by atoms with E-state index in [9.17, 15) is 9.59 Å². The van der Waals surface area contributed by atoms with Gasteiger partial charge in [-0.2, -0.15) is 0 Å². The Labute approximate surface area is 116 Å². The standard InChI is InChI=1S/C12H19N5O3/c1-2-3-8(13)4-11(18)16-5-9(6-16)17-7-10(12(19)20)14-15-17/h7-9H,2-6,13H2,1H3,(H,19,20). The Balaban J connectivity index is 1.81. The number of nitrogens with zero attached hydrogens (tertiary/aromatic N) is 4. The molecular weight excluding hydrogens is 262 g/mol. The van der Waals surface area contributed by atoms with Crippen molar-refractivity contribution in [1.82, 2.24) is 19.9 Å². The summed E-state index contributed by atoms with van der Waals surface area (Å²) in [6.45, 7) is 3.09. The van der Waals surface area contributed by atoms with Crippen LogP contribution in [0.4, 0.5) is 0 Å². The minimum Gasteiger partial charge on any atom is -0.476 e. The van der Waals surface area contributed by atoms with Crippen molar-refractivity contribution >= 4 is 11.9 Å². The summed E-state index contributed by atoms with van der Waals surface area (Å²) in [4.78, 5) is 24.3. The summed E-state index contributed by atoms with van der Waals surface area (Å²) in [5, 5.41) is 16.1. The Kier molecular flexibility index (Phi) is 4.33. The number of likely N-dealkylation sites (tertiary alicyclic amines) is 1. The van der Waals surface area contributed by atoms with Crippen LogP contribution >= 0.6 is 0 Å². The number of carboxylic acids is 1. The van der Waals surface area contributed by atoms with E-state index in [1.807, 2.05) is 6.92 Å². The normalized spacial score (nSPS) is 16.8. The number of carbonyl (C=O) groups is 2. The van der Waals surface area contributed by atoms with Gasteiger partial charge < -0.3 is 15.7 Å². The molecule has 1 aromatic heterocycles. The highest BCUT2D eigenvalue weighted by Crippen LogP contribution is 2.21. The molecular formula is C12H19N5O3. The van der Waals surface area contributed by atoms with Gasteiger partial charge in [0.25, 0.3) is 0 Å². The molecule has 3 N–H and O–H groups in total. The number of carbonyl (C=O) groups excluding carboxylic acids is 1. The highest BCUT2D eigenvalue weighted by Gasteiger charge is 2.33. The summed E-state index contributed by atoms with van der Waals surface area (Å²) < 4.78 is 1.50. The summed E-state index contributed by atoms with van der Waals surface area (Å²) in [5.74, 6) is -1.06. The lowest BCUT2D eigenvalue weighted by atomic mass is 10.0. The zero-order chi connectivity index (χ0) is 14.7. The number of nitrogens with two attached hydrogens (primary N) is 1. The molecule has 1 unspecified atom stereocenters. The third-order valence-electron chi connectivity index (χ3n) is 3.41. The Morgan fingerprint density at radius 1 is 1.55 bits per heavy atom. The van der Waals surface area contributed by atoms with Crippen LogP contribution in [0.25, 0.3) is 0 Å². The molecule has 1 saturated heterocycles. The zero-order valence-corrected chi connectivity index (χ0v) is 11.4. The molecule has 0 saturated carbocycles. The van der Waals surface area contributed by atoms with E-state index in [-0.39, 0.29) is 23.7 Å². The number of rotatable bonds is 6. The molecule has 2 rings (SSSR count). The molecule has 110 valence electrons. The fourth-order valence-electron chi connectivity index (χ4n) is 2.21. The largest absolute Gasteiger partial charge is 0.476 e. The van der Waals surface area contributed by atoms with E-state index < -0.39 is 5.97 Å². The van der Waals surface area contributed by atoms with Gasteiger partial charge in [0.05, 0.1) is 12.2 Å². The van der Waals surface area contributed by atoms with Crippen LogP contribution in [-0.2, 0) is 4.79 Å². The van der Waals surface area contributed by atoms with Crippen molar-refractivity contribution < 1.29 is 14.7 Å². The molecule has 2 heterocycles. The van der Waals surface area contributed by atoms with E-state index in [1.165, 1.54) is 10.9 Å². The summed E-state index contributed by atoms with van der Waals surface area (Å²) >= 11 is 0. The van der Waals surface area contributed by atoms with E-state index >= 15 is 0 Å². The summed E-state index contributed by atoms with van der Waals surface area (Å²) in [7, 11) is 0. The maximum atomic E-state index is 11.9. The van der Waals surface area contributed by atoms with Crippen LogP contribution in [0.3, 0.4) is 0 Å². The first-order valence-electron chi connectivity index (χ1n) is 6.69. The van der Waals surface area contributed by atoms with Crippen molar-refractivity contribution in [2.45, 2.75) is 38.3 Å². The lowest BCUT2D eigenvalue weighted by molar-refractivity contribution is -0.137. The fourth-order valence-corrected chi connectivity index (χ4v) is 2.21. The fraction of sp³-hybridized carbons (Fsp3) is 0.667. The van der Waals surface area contributed by atoms with Crippen LogP contribution in [0.2, 0.25) is 0 Å². The summed E-state index contributed by atoms with van der Waals surface area (Å²) in [5.41, 5.74) is 5.76. The number of aromatic carboxylic acids is 1. The maximum Gasteiger partial charge on any atom is 0.358 e. The van der Waals surface area contributed by atoms with Crippen molar-refractivity contribution in [3.8, 4) is 0 Å². The van der Waals surface area contributed by atoms with Gasteiger partial charge in [-0.25, -0.2) is 9.48 Å². The van der Waals surface area contributed by atoms with Gasteiger partial charge in [-0.05, 0) is 6.42 Å². The zero-order valence-electron chi connectivity index (χ0n) is 11.4. The van der Waals surface area contributed by atoms with Crippen LogP contribution in [0.1, 0.15) is 42.7 Å². The van der Waals surface area contributed by atoms with Crippen molar-refractivity contribution in [2.75, 3.05) is 13.1 Å². The first-order chi connectivity index (χ1) is 9.51. The molecule has 20 heavy (non-hydrogen) atoms. The predicted octanol–water partition coefficient (Wildman–Crippen LogP) is -0.123. The van der Waals surface area contributed by atoms with Crippen molar-refractivity contribution in [1.29, 1.82) is 0 Å². The second kappa shape index (κ2) is 6.00. The number of hydrogen-bond acceptors (Lipinski definition) is 5. The third kappa shape index (κ3) is 3.13. The smallest absolute Gasteiger partial charge is 0.358 e. The average molecular weight is 281 g/mol. The first kappa shape index (κ1) is 14.4. The van der Waals surface area contributed by atoms with Crippen LogP contribution < -0.4 is 5.73 Å². The second-order valence-electron chi connectivity index (χ2n) is 5.09. The molecule has 1 amide bonds. The van der Waals surface area contributed by atoms with E-state index in [2.05, 4.69) is 10.3 Å². The molecule has 0 spiro atoms. The highest BCUT2D eigenvalue weighted by atomic mass is 16.4. The lowest BCUT2D eigenvalue weighted by Gasteiger charge is -2.39.